The fraction of sp³-hybridized carbons (Fsp3) is 0.465. The highest BCUT2D eigenvalue weighted by Crippen LogP contribution is 2.37. The fourth-order valence-corrected chi connectivity index (χ4v) is 8.11. The van der Waals surface area contributed by atoms with Gasteiger partial charge in [-0.25, -0.2) is 9.97 Å². The van der Waals surface area contributed by atoms with Gasteiger partial charge >= 0.3 is 0 Å². The summed E-state index contributed by atoms with van der Waals surface area (Å²) in [4.78, 5) is 58.3. The maximum absolute atomic E-state index is 14.4. The third kappa shape index (κ3) is 9.00. The number of carbonyl (C=O) groups is 3. The fourth-order valence-electron chi connectivity index (χ4n) is 8.11. The largest absolute Gasteiger partial charge is 0.494 e. The number of ketones is 1. The second kappa shape index (κ2) is 17.9. The minimum absolute atomic E-state index is 0. The summed E-state index contributed by atoms with van der Waals surface area (Å²) in [5, 5.41) is 13.0. The maximum Gasteiger partial charge on any atom is 0.254 e. The number of hydrogen-bond donors (Lipinski definition) is 4. The molecule has 4 N–H and O–H groups in total. The molecule has 5 heterocycles. The van der Waals surface area contributed by atoms with Gasteiger partial charge in [0.05, 0.1) is 48.2 Å². The van der Waals surface area contributed by atoms with Gasteiger partial charge in [0.2, 0.25) is 5.91 Å². The van der Waals surface area contributed by atoms with Crippen molar-refractivity contribution in [3.05, 3.63) is 72.3 Å². The number of halogens is 1. The summed E-state index contributed by atoms with van der Waals surface area (Å²) in [6.45, 7) is 14.2. The molecule has 0 spiro atoms. The smallest absolute Gasteiger partial charge is 0.254 e. The molecule has 58 heavy (non-hydrogen) atoms. The molecule has 3 aliphatic rings. The number of carbonyl (C=O) groups excluding carboxylic acids is 3. The van der Waals surface area contributed by atoms with E-state index in [-0.39, 0.29) is 36.2 Å². The van der Waals surface area contributed by atoms with Crippen molar-refractivity contribution in [2.75, 3.05) is 76.0 Å². The zero-order valence-electron chi connectivity index (χ0n) is 34.6. The van der Waals surface area contributed by atoms with Gasteiger partial charge < -0.3 is 40.4 Å². The Morgan fingerprint density at radius 3 is 2.31 bits per heavy atom. The van der Waals surface area contributed by atoms with Crippen LogP contribution in [0.3, 0.4) is 0 Å². The highest BCUT2D eigenvalue weighted by atomic mass is 35.5. The molecular weight excluding hydrogens is 756 g/mol. The lowest BCUT2D eigenvalue weighted by Crippen LogP contribution is -2.53. The van der Waals surface area contributed by atoms with Crippen molar-refractivity contribution in [1.29, 1.82) is 0 Å². The first-order chi connectivity index (χ1) is 27.3. The number of rotatable bonds is 12. The van der Waals surface area contributed by atoms with Crippen molar-refractivity contribution < 1.29 is 19.1 Å². The number of methoxy groups -OCH3 is 1. The number of piperidine rings is 1. The molecule has 0 unspecified atom stereocenters. The van der Waals surface area contributed by atoms with Crippen molar-refractivity contribution in [3.8, 4) is 5.75 Å². The number of benzene rings is 2. The van der Waals surface area contributed by atoms with E-state index in [0.717, 1.165) is 31.9 Å². The Bertz CT molecular complexity index is 2150. The van der Waals surface area contributed by atoms with Crippen LogP contribution in [0.15, 0.2) is 66.6 Å². The Kier molecular flexibility index (Phi) is 13.1. The van der Waals surface area contributed by atoms with E-state index in [1.54, 1.807) is 26.1 Å². The van der Waals surface area contributed by atoms with Gasteiger partial charge in [-0.2, -0.15) is 0 Å². The molecule has 0 bridgehead atoms. The molecule has 0 radical (unpaired) electrons. The van der Waals surface area contributed by atoms with E-state index in [1.165, 1.54) is 45.1 Å². The third-order valence-corrected chi connectivity index (χ3v) is 11.7. The molecule has 0 aliphatic carbocycles. The second-order valence-corrected chi connectivity index (χ2v) is 16.5. The summed E-state index contributed by atoms with van der Waals surface area (Å²) in [5.74, 6) is -0.0905. The highest BCUT2D eigenvalue weighted by molar-refractivity contribution is 6.31. The summed E-state index contributed by atoms with van der Waals surface area (Å²) in [6, 6.07) is 14.9. The molecule has 2 saturated heterocycles. The molecule has 2 amide bonds. The van der Waals surface area contributed by atoms with Crippen LogP contribution in [0.25, 0.3) is 16.5 Å². The molecule has 310 valence electrons. The van der Waals surface area contributed by atoms with Crippen LogP contribution in [0.1, 0.15) is 46.2 Å². The van der Waals surface area contributed by atoms with E-state index in [1.807, 2.05) is 43.7 Å². The number of fused-ring (bicyclic) bond motifs is 2. The minimum atomic E-state index is -0.880. The maximum atomic E-state index is 14.4. The van der Waals surface area contributed by atoms with Crippen molar-refractivity contribution in [2.24, 2.45) is 5.41 Å². The van der Waals surface area contributed by atoms with Crippen molar-refractivity contribution >= 4 is 69.4 Å². The number of ether oxygens (including phenoxy) is 1. The second-order valence-electron chi connectivity index (χ2n) is 16.5. The molecule has 3 aliphatic heterocycles. The predicted octanol–water partition coefficient (Wildman–Crippen LogP) is 4.94. The van der Waals surface area contributed by atoms with Crippen LogP contribution in [-0.2, 0) is 20.9 Å². The van der Waals surface area contributed by atoms with Gasteiger partial charge in [-0.05, 0) is 94.8 Å². The topological polar surface area (TPSA) is 149 Å². The Morgan fingerprint density at radius 1 is 0.948 bits per heavy atom. The number of likely N-dealkylation sites (N-methyl/N-ethyl adjacent to an activating group) is 1. The molecule has 2 aromatic heterocycles. The minimum Gasteiger partial charge on any atom is -0.494 e. The molecule has 7 rings (SSSR count). The van der Waals surface area contributed by atoms with Crippen LogP contribution in [0.2, 0.25) is 0 Å². The Balaban J connectivity index is 0.00000567. The number of hydrogen-bond acceptors (Lipinski definition) is 11. The number of anilines is 4. The molecule has 2 fully saturated rings. The first kappa shape index (κ1) is 42.6. The monoisotopic (exact) mass is 812 g/mol. The number of nitrogens with zero attached hydrogens (tertiary/aromatic N) is 6. The van der Waals surface area contributed by atoms with Crippen LogP contribution in [0.4, 0.5) is 22.9 Å². The molecule has 4 aromatic rings. The lowest BCUT2D eigenvalue weighted by molar-refractivity contribution is -0.128. The van der Waals surface area contributed by atoms with Crippen molar-refractivity contribution in [1.82, 2.24) is 35.0 Å². The van der Waals surface area contributed by atoms with Gasteiger partial charge in [0.1, 0.15) is 17.9 Å². The standard InChI is InChI=1S/C43H56N10O4.ClH/c1-27(44-5)41(55)49-39(43(2,3)4)38(54)37-32(25-53-16-8-9-35(37)53)42(56)48-34-23-31-33(24-36(34)57-7)45-26-46-40(31)47-28-10-12-29(13-11-28)51-19-21-52(22-20-51)30-14-17-50(6)18-15-30;/h8-13,16,23-24,26-27,30,39,44H,14-15,17-22,25H2,1-7H3,(H,48,56)(H,49,55)(H,45,46,47);1H/t27-,39+;/m0./s1. The van der Waals surface area contributed by atoms with E-state index in [0.29, 0.717) is 45.5 Å². The van der Waals surface area contributed by atoms with Crippen LogP contribution in [-0.4, -0.2) is 121 Å². The van der Waals surface area contributed by atoms with Crippen LogP contribution in [0, 0.1) is 5.41 Å². The molecule has 14 nitrogen and oxygen atoms in total. The van der Waals surface area contributed by atoms with E-state index < -0.39 is 23.4 Å². The summed E-state index contributed by atoms with van der Waals surface area (Å²) in [6.07, 6.45) is 5.84. The summed E-state index contributed by atoms with van der Waals surface area (Å²) >= 11 is 0. The Hall–Kier alpha value is -5.02. The van der Waals surface area contributed by atoms with Crippen LogP contribution < -0.4 is 30.9 Å². The van der Waals surface area contributed by atoms with Crippen molar-refractivity contribution in [2.45, 2.75) is 65.2 Å². The predicted molar refractivity (Wildman–Crippen MR) is 232 cm³/mol. The third-order valence-electron chi connectivity index (χ3n) is 11.7. The molecule has 0 saturated carbocycles. The first-order valence-corrected chi connectivity index (χ1v) is 19.9. The van der Waals surface area contributed by atoms with Gasteiger partial charge in [0, 0.05) is 66.8 Å². The van der Waals surface area contributed by atoms with Gasteiger partial charge in [0.15, 0.2) is 5.78 Å². The highest BCUT2D eigenvalue weighted by Gasteiger charge is 2.40. The average Bonchev–Trinajstić information content (AvgIpc) is 3.82. The first-order valence-electron chi connectivity index (χ1n) is 19.9. The van der Waals surface area contributed by atoms with Crippen LogP contribution >= 0.6 is 12.4 Å². The lowest BCUT2D eigenvalue weighted by Gasteiger charge is -2.42. The van der Waals surface area contributed by atoms with Gasteiger partial charge in [-0.1, -0.05) is 20.8 Å². The SMILES string of the molecule is CN[C@@H](C)C(=O)N[C@H](C(=O)C1=C(C(=O)Nc2cc3c(Nc4ccc(N5CCN(C6CCN(C)CC6)CC5)cc4)ncnc3cc2OC)Cn2cccc21)C(C)(C)C.Cl. The molecule has 15 heteroatoms. The number of amides is 2. The Labute approximate surface area is 347 Å². The zero-order valence-corrected chi connectivity index (χ0v) is 35.4. The number of likely N-dealkylation sites (tertiary alicyclic amines) is 1. The van der Waals surface area contributed by atoms with Crippen LogP contribution in [0.5, 0.6) is 5.75 Å². The average molecular weight is 813 g/mol. The molecule has 2 aromatic carbocycles. The zero-order chi connectivity index (χ0) is 40.4. The van der Waals surface area contributed by atoms with E-state index >= 15 is 0 Å². The lowest BCUT2D eigenvalue weighted by atomic mass is 9.80. The van der Waals surface area contributed by atoms with Gasteiger partial charge in [-0.15, -0.1) is 12.4 Å². The summed E-state index contributed by atoms with van der Waals surface area (Å²) in [5.41, 5.74) is 3.67. The van der Waals surface area contributed by atoms with E-state index in [2.05, 4.69) is 77.2 Å². The van der Waals surface area contributed by atoms with Gasteiger partial charge in [-0.3, -0.25) is 19.3 Å². The van der Waals surface area contributed by atoms with Gasteiger partial charge in [0.25, 0.3) is 5.91 Å². The number of aromatic nitrogens is 3. The van der Waals surface area contributed by atoms with E-state index in [9.17, 15) is 14.4 Å². The Morgan fingerprint density at radius 2 is 1.66 bits per heavy atom. The quantitative estimate of drug-likeness (QED) is 0.154. The summed E-state index contributed by atoms with van der Waals surface area (Å²) in [7, 11) is 5.44. The van der Waals surface area contributed by atoms with E-state index in [4.69, 9.17) is 4.74 Å². The summed E-state index contributed by atoms with van der Waals surface area (Å²) < 4.78 is 7.60. The number of piperazine rings is 1. The van der Waals surface area contributed by atoms with Crippen molar-refractivity contribution in [3.63, 3.8) is 0 Å². The number of nitrogens with one attached hydrogen (secondary N) is 4. The normalized spacial score (nSPS) is 17.7. The molecule has 2 atom stereocenters. The number of Topliss-reactive ketones (excluding diaryl/α,β-unsaturated/α-hetero) is 1. The molecular formula is C43H57ClN10O4.